The van der Waals surface area contributed by atoms with Crippen molar-refractivity contribution in [1.82, 2.24) is 10.5 Å². The Morgan fingerprint density at radius 2 is 1.94 bits per heavy atom. The Kier molecular flexibility index (Phi) is 2.96. The molecule has 1 saturated carbocycles. The lowest BCUT2D eigenvalue weighted by molar-refractivity contribution is 0.301. The Hall–Kier alpha value is -0.830. The van der Waals surface area contributed by atoms with Crippen molar-refractivity contribution in [2.45, 2.75) is 56.9 Å². The summed E-state index contributed by atoms with van der Waals surface area (Å²) in [6, 6.07) is 0.423. The third-order valence-corrected chi connectivity index (χ3v) is 4.05. The highest BCUT2D eigenvalue weighted by Crippen LogP contribution is 2.38. The van der Waals surface area contributed by atoms with Crippen LogP contribution in [0.1, 0.15) is 68.2 Å². The number of nitrogens with zero attached hydrogens (tertiary/aromatic N) is 1. The average Bonchev–Trinajstić information content (AvgIpc) is 3.01. The van der Waals surface area contributed by atoms with Gasteiger partial charge in [-0.25, -0.2) is 0 Å². The van der Waals surface area contributed by atoms with Crippen LogP contribution in [0.4, 0.5) is 0 Å². The normalized spacial score (nSPS) is 27.4. The van der Waals surface area contributed by atoms with E-state index < -0.39 is 0 Å². The first-order valence-corrected chi connectivity index (χ1v) is 6.63. The Morgan fingerprint density at radius 1 is 1.12 bits per heavy atom. The molecule has 3 nitrogen and oxygen atoms in total. The highest BCUT2D eigenvalue weighted by Gasteiger charge is 2.27. The third kappa shape index (κ3) is 1.88. The van der Waals surface area contributed by atoms with Crippen molar-refractivity contribution in [2.75, 3.05) is 6.54 Å². The highest BCUT2D eigenvalue weighted by atomic mass is 16.5. The molecular weight excluding hydrogens is 200 g/mol. The van der Waals surface area contributed by atoms with Gasteiger partial charge < -0.3 is 9.84 Å². The van der Waals surface area contributed by atoms with Gasteiger partial charge in [0.15, 0.2) is 5.76 Å². The minimum absolute atomic E-state index is 0.423. The van der Waals surface area contributed by atoms with Crippen LogP contribution in [0, 0.1) is 0 Å². The van der Waals surface area contributed by atoms with Crippen molar-refractivity contribution < 1.29 is 4.52 Å². The van der Waals surface area contributed by atoms with E-state index in [0.29, 0.717) is 12.0 Å². The second-order valence-electron chi connectivity index (χ2n) is 5.13. The summed E-state index contributed by atoms with van der Waals surface area (Å²) in [6.07, 6.45) is 11.1. The molecule has 1 unspecified atom stereocenters. The second-order valence-corrected chi connectivity index (χ2v) is 5.13. The fourth-order valence-corrected chi connectivity index (χ4v) is 3.14. The van der Waals surface area contributed by atoms with E-state index in [2.05, 4.69) is 10.5 Å². The van der Waals surface area contributed by atoms with Gasteiger partial charge in [0.2, 0.25) is 0 Å². The maximum Gasteiger partial charge on any atom is 0.157 e. The van der Waals surface area contributed by atoms with Gasteiger partial charge in [0.1, 0.15) is 0 Å². The van der Waals surface area contributed by atoms with Crippen molar-refractivity contribution in [3.63, 3.8) is 0 Å². The summed E-state index contributed by atoms with van der Waals surface area (Å²) in [5.41, 5.74) is 1.39. The van der Waals surface area contributed by atoms with Gasteiger partial charge in [0.05, 0.1) is 12.2 Å². The van der Waals surface area contributed by atoms with Crippen LogP contribution in [-0.4, -0.2) is 11.7 Å². The first-order chi connectivity index (χ1) is 7.95. The summed E-state index contributed by atoms with van der Waals surface area (Å²) in [7, 11) is 0. The van der Waals surface area contributed by atoms with Crippen LogP contribution in [0.2, 0.25) is 0 Å². The molecule has 0 aromatic carbocycles. The van der Waals surface area contributed by atoms with E-state index in [9.17, 15) is 0 Å². The molecule has 2 fully saturated rings. The van der Waals surface area contributed by atoms with Crippen LogP contribution >= 0.6 is 0 Å². The SMILES string of the molecule is c1noc(C2CCCCN2)c1C1CCCC1. The highest BCUT2D eigenvalue weighted by molar-refractivity contribution is 5.23. The van der Waals surface area contributed by atoms with Gasteiger partial charge >= 0.3 is 0 Å². The molecule has 1 N–H and O–H groups in total. The van der Waals surface area contributed by atoms with Crippen molar-refractivity contribution in [3.05, 3.63) is 17.5 Å². The van der Waals surface area contributed by atoms with E-state index in [4.69, 9.17) is 4.52 Å². The Bertz CT molecular complexity index is 335. The van der Waals surface area contributed by atoms with Gasteiger partial charge in [-0.3, -0.25) is 0 Å². The summed E-state index contributed by atoms with van der Waals surface area (Å²) in [5.74, 6) is 1.84. The summed E-state index contributed by atoms with van der Waals surface area (Å²) in [5, 5.41) is 7.58. The van der Waals surface area contributed by atoms with E-state index in [-0.39, 0.29) is 0 Å². The predicted octanol–water partition coefficient (Wildman–Crippen LogP) is 3.15. The van der Waals surface area contributed by atoms with E-state index >= 15 is 0 Å². The van der Waals surface area contributed by atoms with Crippen LogP contribution in [-0.2, 0) is 0 Å². The van der Waals surface area contributed by atoms with Crippen molar-refractivity contribution in [1.29, 1.82) is 0 Å². The molecule has 0 amide bonds. The standard InChI is InChI=1S/C13H20N2O/c1-2-6-10(5-1)11-9-15-16-13(11)12-7-3-4-8-14-12/h9-10,12,14H,1-8H2. The third-order valence-electron chi connectivity index (χ3n) is 4.05. The molecule has 0 spiro atoms. The van der Waals surface area contributed by atoms with Crippen molar-refractivity contribution in [3.8, 4) is 0 Å². The monoisotopic (exact) mass is 220 g/mol. The van der Waals surface area contributed by atoms with Gasteiger partial charge in [-0.05, 0) is 38.1 Å². The second kappa shape index (κ2) is 4.58. The maximum atomic E-state index is 5.50. The lowest BCUT2D eigenvalue weighted by Crippen LogP contribution is -2.27. The minimum Gasteiger partial charge on any atom is -0.359 e. The fraction of sp³-hybridized carbons (Fsp3) is 0.769. The molecular formula is C13H20N2O. The largest absolute Gasteiger partial charge is 0.359 e. The summed E-state index contributed by atoms with van der Waals surface area (Å²) < 4.78 is 5.50. The smallest absolute Gasteiger partial charge is 0.157 e. The predicted molar refractivity (Wildman–Crippen MR) is 62.3 cm³/mol. The molecule has 3 rings (SSSR count). The van der Waals surface area contributed by atoms with E-state index in [1.54, 1.807) is 0 Å². The van der Waals surface area contributed by atoms with Crippen LogP contribution in [0.3, 0.4) is 0 Å². The first kappa shape index (κ1) is 10.3. The van der Waals surface area contributed by atoms with Crippen LogP contribution in [0.25, 0.3) is 0 Å². The fourth-order valence-electron chi connectivity index (χ4n) is 3.14. The quantitative estimate of drug-likeness (QED) is 0.832. The molecule has 0 bridgehead atoms. The Balaban J connectivity index is 1.80. The summed E-state index contributed by atoms with van der Waals surface area (Å²) in [4.78, 5) is 0. The van der Waals surface area contributed by atoms with E-state index in [0.717, 1.165) is 12.3 Å². The molecule has 88 valence electrons. The zero-order valence-electron chi connectivity index (χ0n) is 9.74. The lowest BCUT2D eigenvalue weighted by Gasteiger charge is -2.22. The van der Waals surface area contributed by atoms with E-state index in [1.807, 2.05) is 6.20 Å². The molecule has 1 aliphatic heterocycles. The first-order valence-electron chi connectivity index (χ1n) is 6.63. The topological polar surface area (TPSA) is 38.1 Å². The van der Waals surface area contributed by atoms with E-state index in [1.165, 1.54) is 50.5 Å². The summed E-state index contributed by atoms with van der Waals surface area (Å²) in [6.45, 7) is 1.12. The molecule has 2 heterocycles. The molecule has 1 saturated heterocycles. The molecule has 1 aliphatic carbocycles. The molecule has 16 heavy (non-hydrogen) atoms. The Labute approximate surface area is 96.6 Å². The summed E-state index contributed by atoms with van der Waals surface area (Å²) >= 11 is 0. The van der Waals surface area contributed by atoms with Gasteiger partial charge in [0, 0.05) is 5.56 Å². The number of rotatable bonds is 2. The van der Waals surface area contributed by atoms with Crippen LogP contribution < -0.4 is 5.32 Å². The van der Waals surface area contributed by atoms with Crippen molar-refractivity contribution in [2.24, 2.45) is 0 Å². The maximum absolute atomic E-state index is 5.50. The lowest BCUT2D eigenvalue weighted by atomic mass is 9.93. The zero-order chi connectivity index (χ0) is 10.8. The molecule has 0 radical (unpaired) electrons. The molecule has 1 aromatic rings. The number of aromatic nitrogens is 1. The number of hydrogen-bond acceptors (Lipinski definition) is 3. The van der Waals surface area contributed by atoms with Crippen LogP contribution in [0.15, 0.2) is 10.7 Å². The molecule has 1 atom stereocenters. The molecule has 2 aliphatic rings. The molecule has 3 heteroatoms. The van der Waals surface area contributed by atoms with Gasteiger partial charge in [-0.15, -0.1) is 0 Å². The van der Waals surface area contributed by atoms with Gasteiger partial charge in [-0.2, -0.15) is 0 Å². The van der Waals surface area contributed by atoms with Crippen molar-refractivity contribution >= 4 is 0 Å². The van der Waals surface area contributed by atoms with Gasteiger partial charge in [-0.1, -0.05) is 24.4 Å². The van der Waals surface area contributed by atoms with Gasteiger partial charge in [0.25, 0.3) is 0 Å². The number of nitrogens with one attached hydrogen (secondary N) is 1. The van der Waals surface area contributed by atoms with Crippen LogP contribution in [0.5, 0.6) is 0 Å². The zero-order valence-corrected chi connectivity index (χ0v) is 9.74. The number of piperidine rings is 1. The average molecular weight is 220 g/mol. The minimum atomic E-state index is 0.423. The molecule has 1 aromatic heterocycles. The Morgan fingerprint density at radius 3 is 2.69 bits per heavy atom. The number of hydrogen-bond donors (Lipinski definition) is 1.